The lowest BCUT2D eigenvalue weighted by Crippen LogP contribution is -2.39. The van der Waals surface area contributed by atoms with Crippen molar-refractivity contribution < 1.29 is 0 Å². The summed E-state index contributed by atoms with van der Waals surface area (Å²) >= 11 is 0. The smallest absolute Gasteiger partial charge is 0.193 e. The van der Waals surface area contributed by atoms with Crippen LogP contribution in [0.5, 0.6) is 0 Å². The minimum absolute atomic E-state index is 0.568. The van der Waals surface area contributed by atoms with Gasteiger partial charge in [-0.15, -0.1) is 0 Å². The summed E-state index contributed by atoms with van der Waals surface area (Å²) in [5.74, 6) is 2.39. The number of imidazole rings is 1. The van der Waals surface area contributed by atoms with Gasteiger partial charge in [-0.05, 0) is 29.7 Å². The third-order valence-corrected chi connectivity index (χ3v) is 5.00. The SMILES string of the molecule is CN=C(NCc1ccnc(-n2ccnc2)c1)N1CCC(c2ccccc2)C1. The zero-order valence-corrected chi connectivity index (χ0v) is 15.5. The van der Waals surface area contributed by atoms with E-state index in [4.69, 9.17) is 0 Å². The summed E-state index contributed by atoms with van der Waals surface area (Å²) in [7, 11) is 1.85. The average molecular weight is 360 g/mol. The van der Waals surface area contributed by atoms with Gasteiger partial charge >= 0.3 is 0 Å². The van der Waals surface area contributed by atoms with E-state index in [0.717, 1.165) is 36.9 Å². The summed E-state index contributed by atoms with van der Waals surface area (Å²) in [5.41, 5.74) is 2.57. The molecule has 0 bridgehead atoms. The highest BCUT2D eigenvalue weighted by Gasteiger charge is 2.25. The molecule has 1 N–H and O–H groups in total. The molecule has 1 fully saturated rings. The second-order valence-corrected chi connectivity index (χ2v) is 6.74. The van der Waals surface area contributed by atoms with Crippen molar-refractivity contribution in [2.45, 2.75) is 18.9 Å². The second-order valence-electron chi connectivity index (χ2n) is 6.74. The number of pyridine rings is 1. The van der Waals surface area contributed by atoms with Crippen molar-refractivity contribution in [1.82, 2.24) is 24.8 Å². The van der Waals surface area contributed by atoms with Gasteiger partial charge in [-0.1, -0.05) is 30.3 Å². The van der Waals surface area contributed by atoms with Crippen LogP contribution in [0.3, 0.4) is 0 Å². The Balaban J connectivity index is 1.38. The Morgan fingerprint density at radius 2 is 2.11 bits per heavy atom. The maximum atomic E-state index is 4.49. The number of nitrogens with zero attached hydrogens (tertiary/aromatic N) is 5. The molecule has 1 aromatic carbocycles. The largest absolute Gasteiger partial charge is 0.352 e. The van der Waals surface area contributed by atoms with Crippen molar-refractivity contribution in [1.29, 1.82) is 0 Å². The third-order valence-electron chi connectivity index (χ3n) is 5.00. The van der Waals surface area contributed by atoms with E-state index in [1.807, 2.05) is 30.1 Å². The maximum Gasteiger partial charge on any atom is 0.193 e. The van der Waals surface area contributed by atoms with Crippen LogP contribution in [0.25, 0.3) is 5.82 Å². The summed E-state index contributed by atoms with van der Waals surface area (Å²) in [6, 6.07) is 14.8. The topological polar surface area (TPSA) is 58.3 Å². The van der Waals surface area contributed by atoms with Gasteiger partial charge < -0.3 is 10.2 Å². The van der Waals surface area contributed by atoms with Crippen molar-refractivity contribution >= 4 is 5.96 Å². The van der Waals surface area contributed by atoms with Crippen LogP contribution in [0.2, 0.25) is 0 Å². The second kappa shape index (κ2) is 8.03. The van der Waals surface area contributed by atoms with Gasteiger partial charge in [0.15, 0.2) is 5.96 Å². The van der Waals surface area contributed by atoms with E-state index in [2.05, 4.69) is 61.6 Å². The molecule has 0 amide bonds. The summed E-state index contributed by atoms with van der Waals surface area (Å²) in [6.07, 6.45) is 8.39. The van der Waals surface area contributed by atoms with E-state index < -0.39 is 0 Å². The first-order valence-corrected chi connectivity index (χ1v) is 9.27. The molecule has 1 aliphatic rings. The highest BCUT2D eigenvalue weighted by Crippen LogP contribution is 2.26. The van der Waals surface area contributed by atoms with Crippen LogP contribution in [0.4, 0.5) is 0 Å². The van der Waals surface area contributed by atoms with Gasteiger partial charge in [0.1, 0.15) is 12.1 Å². The Kier molecular flexibility index (Phi) is 5.14. The van der Waals surface area contributed by atoms with Gasteiger partial charge in [0.05, 0.1) is 0 Å². The van der Waals surface area contributed by atoms with E-state index in [1.54, 1.807) is 12.5 Å². The summed E-state index contributed by atoms with van der Waals surface area (Å²) in [4.78, 5) is 15.3. The number of hydrogen-bond acceptors (Lipinski definition) is 3. The number of rotatable bonds is 4. The van der Waals surface area contributed by atoms with E-state index in [9.17, 15) is 0 Å². The van der Waals surface area contributed by atoms with Crippen molar-refractivity contribution in [3.63, 3.8) is 0 Å². The molecule has 2 aromatic heterocycles. The van der Waals surface area contributed by atoms with E-state index in [1.165, 1.54) is 5.56 Å². The maximum absolute atomic E-state index is 4.49. The van der Waals surface area contributed by atoms with E-state index >= 15 is 0 Å². The summed E-state index contributed by atoms with van der Waals surface area (Å²) in [6.45, 7) is 2.74. The number of aromatic nitrogens is 3. The molecular weight excluding hydrogens is 336 g/mol. The molecule has 0 aliphatic carbocycles. The van der Waals surface area contributed by atoms with Gasteiger partial charge in [0.2, 0.25) is 0 Å². The first-order valence-electron chi connectivity index (χ1n) is 9.27. The Morgan fingerprint density at radius 1 is 1.22 bits per heavy atom. The highest BCUT2D eigenvalue weighted by atomic mass is 15.3. The molecule has 3 aromatic rings. The standard InChI is InChI=1S/C21H24N6/c1-22-21(26-11-8-19(15-26)18-5-3-2-4-6-18)25-14-17-7-9-24-20(13-17)27-12-10-23-16-27/h2-7,9-10,12-13,16,19H,8,11,14-15H2,1H3,(H,22,25). The van der Waals surface area contributed by atoms with Crippen molar-refractivity contribution in [2.75, 3.05) is 20.1 Å². The zero-order valence-electron chi connectivity index (χ0n) is 15.5. The number of hydrogen-bond donors (Lipinski definition) is 1. The van der Waals surface area contributed by atoms with Gasteiger partial charge in [0, 0.05) is 51.2 Å². The summed E-state index contributed by atoms with van der Waals surface area (Å²) in [5, 5.41) is 3.50. The predicted octanol–water partition coefficient (Wildman–Crippen LogP) is 2.83. The fraction of sp³-hybridized carbons (Fsp3) is 0.286. The van der Waals surface area contributed by atoms with Gasteiger partial charge in [-0.2, -0.15) is 0 Å². The fourth-order valence-corrected chi connectivity index (χ4v) is 3.57. The van der Waals surface area contributed by atoms with Crippen LogP contribution in [0.15, 0.2) is 72.4 Å². The Hall–Kier alpha value is -3.15. The van der Waals surface area contributed by atoms with Crippen LogP contribution in [-0.4, -0.2) is 45.5 Å². The molecule has 138 valence electrons. The molecule has 0 saturated carbocycles. The van der Waals surface area contributed by atoms with Crippen LogP contribution in [0.1, 0.15) is 23.5 Å². The molecule has 0 radical (unpaired) electrons. The van der Waals surface area contributed by atoms with Gasteiger partial charge in [0.25, 0.3) is 0 Å². The zero-order chi connectivity index (χ0) is 18.5. The first kappa shape index (κ1) is 17.3. The number of nitrogens with one attached hydrogen (secondary N) is 1. The molecule has 3 heterocycles. The molecule has 1 unspecified atom stereocenters. The third kappa shape index (κ3) is 4.00. The van der Waals surface area contributed by atoms with Crippen molar-refractivity contribution in [3.05, 3.63) is 78.5 Å². The summed E-state index contributed by atoms with van der Waals surface area (Å²) < 4.78 is 1.91. The molecule has 6 nitrogen and oxygen atoms in total. The van der Waals surface area contributed by atoms with Crippen LogP contribution < -0.4 is 5.32 Å². The minimum Gasteiger partial charge on any atom is -0.352 e. The van der Waals surface area contributed by atoms with Crippen molar-refractivity contribution in [3.8, 4) is 5.82 Å². The quantitative estimate of drug-likeness (QED) is 0.574. The minimum atomic E-state index is 0.568. The van der Waals surface area contributed by atoms with Gasteiger partial charge in [-0.3, -0.25) is 9.56 Å². The lowest BCUT2D eigenvalue weighted by molar-refractivity contribution is 0.486. The molecule has 1 saturated heterocycles. The lowest BCUT2D eigenvalue weighted by atomic mass is 9.99. The molecule has 1 aliphatic heterocycles. The number of aliphatic imine (C=N–C) groups is 1. The lowest BCUT2D eigenvalue weighted by Gasteiger charge is -2.22. The Bertz CT molecular complexity index is 888. The van der Waals surface area contributed by atoms with E-state index in [-0.39, 0.29) is 0 Å². The van der Waals surface area contributed by atoms with Crippen LogP contribution in [-0.2, 0) is 6.54 Å². The monoisotopic (exact) mass is 360 g/mol. The van der Waals surface area contributed by atoms with Gasteiger partial charge in [-0.25, -0.2) is 9.97 Å². The molecular formula is C21H24N6. The molecule has 4 rings (SSSR count). The number of guanidine groups is 1. The molecule has 27 heavy (non-hydrogen) atoms. The number of likely N-dealkylation sites (tertiary alicyclic amines) is 1. The normalized spacial score (nSPS) is 17.3. The molecule has 6 heteroatoms. The number of benzene rings is 1. The predicted molar refractivity (Wildman–Crippen MR) is 107 cm³/mol. The Morgan fingerprint density at radius 3 is 2.89 bits per heavy atom. The average Bonchev–Trinajstić information content (AvgIpc) is 3.42. The molecule has 1 atom stereocenters. The fourth-order valence-electron chi connectivity index (χ4n) is 3.57. The van der Waals surface area contributed by atoms with Crippen LogP contribution >= 0.6 is 0 Å². The first-order chi connectivity index (χ1) is 13.3. The Labute approximate surface area is 159 Å². The molecule has 0 spiro atoms. The highest BCUT2D eigenvalue weighted by molar-refractivity contribution is 5.80. The van der Waals surface area contributed by atoms with Crippen molar-refractivity contribution in [2.24, 2.45) is 4.99 Å². The van der Waals surface area contributed by atoms with Crippen LogP contribution in [0, 0.1) is 0 Å². The van der Waals surface area contributed by atoms with E-state index in [0.29, 0.717) is 12.5 Å².